The number of hydrogen-bond donors (Lipinski definition) is 0. The highest BCUT2D eigenvalue weighted by molar-refractivity contribution is 5.97. The minimum atomic E-state index is 0.205. The summed E-state index contributed by atoms with van der Waals surface area (Å²) in [5.74, 6) is 0.318. The van der Waals surface area contributed by atoms with Crippen molar-refractivity contribution in [1.29, 1.82) is 0 Å². The Balaban J connectivity index is 2.11. The highest BCUT2D eigenvalue weighted by Gasteiger charge is 2.28. The molecule has 0 bridgehead atoms. The van der Waals surface area contributed by atoms with E-state index in [1.54, 1.807) is 0 Å². The van der Waals surface area contributed by atoms with Gasteiger partial charge in [-0.25, -0.2) is 0 Å². The molecule has 2 rings (SSSR count). The van der Waals surface area contributed by atoms with Gasteiger partial charge in [0.15, 0.2) is 5.78 Å². The molecule has 1 unspecified atom stereocenters. The molecule has 2 aliphatic rings. The summed E-state index contributed by atoms with van der Waals surface area (Å²) >= 11 is 0. The number of ether oxygens (including phenoxy) is 1. The van der Waals surface area contributed by atoms with E-state index in [-0.39, 0.29) is 6.04 Å². The van der Waals surface area contributed by atoms with Gasteiger partial charge in [-0.3, -0.25) is 9.69 Å². The van der Waals surface area contributed by atoms with Crippen molar-refractivity contribution in [3.63, 3.8) is 0 Å². The molecule has 78 valence electrons. The van der Waals surface area contributed by atoms with Crippen LogP contribution in [0.5, 0.6) is 0 Å². The summed E-state index contributed by atoms with van der Waals surface area (Å²) in [6, 6.07) is 0.205. The van der Waals surface area contributed by atoms with Crippen LogP contribution in [-0.4, -0.2) is 43.5 Å². The highest BCUT2D eigenvalue weighted by atomic mass is 16.5. The molecule has 1 heterocycles. The first-order valence-corrected chi connectivity index (χ1v) is 5.30. The van der Waals surface area contributed by atoms with Gasteiger partial charge in [0.25, 0.3) is 0 Å². The van der Waals surface area contributed by atoms with Gasteiger partial charge in [0.1, 0.15) is 0 Å². The first-order valence-electron chi connectivity index (χ1n) is 5.30. The molecule has 14 heavy (non-hydrogen) atoms. The lowest BCUT2D eigenvalue weighted by molar-refractivity contribution is -0.117. The predicted octanol–water partition coefficient (Wildman–Crippen LogP) is 0.996. The van der Waals surface area contributed by atoms with Crippen LogP contribution in [-0.2, 0) is 9.53 Å². The van der Waals surface area contributed by atoms with Crippen LogP contribution in [0.4, 0.5) is 0 Å². The predicted molar refractivity (Wildman–Crippen MR) is 54.2 cm³/mol. The summed E-state index contributed by atoms with van der Waals surface area (Å²) in [7, 11) is 2.07. The first kappa shape index (κ1) is 9.87. The van der Waals surface area contributed by atoms with Gasteiger partial charge < -0.3 is 4.74 Å². The van der Waals surface area contributed by atoms with Gasteiger partial charge in [-0.2, -0.15) is 0 Å². The summed E-state index contributed by atoms with van der Waals surface area (Å²) in [5, 5.41) is 0. The van der Waals surface area contributed by atoms with E-state index in [9.17, 15) is 4.79 Å². The molecular formula is C11H17NO2. The molecule has 0 N–H and O–H groups in total. The van der Waals surface area contributed by atoms with Crippen LogP contribution in [0.25, 0.3) is 0 Å². The van der Waals surface area contributed by atoms with E-state index in [1.165, 1.54) is 0 Å². The van der Waals surface area contributed by atoms with E-state index in [4.69, 9.17) is 4.74 Å². The number of likely N-dealkylation sites (N-methyl/N-ethyl adjacent to an activating group) is 1. The Morgan fingerprint density at radius 1 is 1.57 bits per heavy atom. The summed E-state index contributed by atoms with van der Waals surface area (Å²) in [5.41, 5.74) is 0.985. The van der Waals surface area contributed by atoms with Gasteiger partial charge in [0.2, 0.25) is 0 Å². The molecule has 0 radical (unpaired) electrons. The second-order valence-electron chi connectivity index (χ2n) is 4.05. The zero-order valence-corrected chi connectivity index (χ0v) is 8.66. The SMILES string of the molecule is CN1CCOCC1C1=CCCCC1=O. The zero-order chi connectivity index (χ0) is 9.97. The van der Waals surface area contributed by atoms with E-state index in [0.29, 0.717) is 12.4 Å². The summed E-state index contributed by atoms with van der Waals surface area (Å²) in [4.78, 5) is 13.9. The maximum atomic E-state index is 11.7. The monoisotopic (exact) mass is 195 g/mol. The van der Waals surface area contributed by atoms with Gasteiger partial charge in [-0.1, -0.05) is 6.08 Å². The number of Topliss-reactive ketones (excluding diaryl/α,β-unsaturated/α-hetero) is 1. The van der Waals surface area contributed by atoms with Crippen molar-refractivity contribution >= 4 is 5.78 Å². The smallest absolute Gasteiger partial charge is 0.160 e. The second-order valence-corrected chi connectivity index (χ2v) is 4.05. The number of rotatable bonds is 1. The third kappa shape index (κ3) is 1.88. The molecule has 1 atom stereocenters. The van der Waals surface area contributed by atoms with Crippen LogP contribution in [0.15, 0.2) is 11.6 Å². The van der Waals surface area contributed by atoms with Crippen LogP contribution in [0.3, 0.4) is 0 Å². The highest BCUT2D eigenvalue weighted by Crippen LogP contribution is 2.21. The van der Waals surface area contributed by atoms with Gasteiger partial charge in [0, 0.05) is 18.5 Å². The van der Waals surface area contributed by atoms with Crippen molar-refractivity contribution in [2.75, 3.05) is 26.8 Å². The minimum absolute atomic E-state index is 0.205. The molecule has 3 heteroatoms. The Hall–Kier alpha value is -0.670. The molecule has 1 aliphatic carbocycles. The number of carbonyl (C=O) groups excluding carboxylic acids is 1. The van der Waals surface area contributed by atoms with Gasteiger partial charge in [0.05, 0.1) is 19.3 Å². The molecule has 1 fully saturated rings. The number of allylic oxidation sites excluding steroid dienone is 1. The van der Waals surface area contributed by atoms with Crippen LogP contribution >= 0.6 is 0 Å². The Labute approximate surface area is 84.7 Å². The lowest BCUT2D eigenvalue weighted by Crippen LogP contribution is -2.45. The normalized spacial score (nSPS) is 30.2. The number of carbonyl (C=O) groups is 1. The third-order valence-corrected chi connectivity index (χ3v) is 3.05. The molecule has 1 saturated heterocycles. The fourth-order valence-electron chi connectivity index (χ4n) is 2.11. The number of morpholine rings is 1. The average molecular weight is 195 g/mol. The molecule has 0 aromatic rings. The molecule has 0 saturated carbocycles. The maximum Gasteiger partial charge on any atom is 0.160 e. The number of ketones is 1. The molecule has 0 aromatic heterocycles. The van der Waals surface area contributed by atoms with E-state index < -0.39 is 0 Å². The molecule has 1 aliphatic heterocycles. The molecule has 3 nitrogen and oxygen atoms in total. The van der Waals surface area contributed by atoms with Gasteiger partial charge in [-0.15, -0.1) is 0 Å². The summed E-state index contributed by atoms with van der Waals surface area (Å²) in [6.45, 7) is 2.39. The lowest BCUT2D eigenvalue weighted by Gasteiger charge is -2.34. The van der Waals surface area contributed by atoms with Crippen molar-refractivity contribution in [1.82, 2.24) is 4.90 Å². The third-order valence-electron chi connectivity index (χ3n) is 3.05. The standard InChI is InChI=1S/C11H17NO2/c1-12-6-7-14-8-10(12)9-4-2-3-5-11(9)13/h4,10H,2-3,5-8H2,1H3. The van der Waals surface area contributed by atoms with Gasteiger partial charge >= 0.3 is 0 Å². The van der Waals surface area contributed by atoms with Crippen LogP contribution in [0.1, 0.15) is 19.3 Å². The zero-order valence-electron chi connectivity index (χ0n) is 8.66. The van der Waals surface area contributed by atoms with Crippen molar-refractivity contribution in [2.24, 2.45) is 0 Å². The van der Waals surface area contributed by atoms with Crippen LogP contribution in [0, 0.1) is 0 Å². The molecule has 0 amide bonds. The molecular weight excluding hydrogens is 178 g/mol. The van der Waals surface area contributed by atoms with E-state index >= 15 is 0 Å². The topological polar surface area (TPSA) is 29.5 Å². The van der Waals surface area contributed by atoms with E-state index in [0.717, 1.165) is 38.0 Å². The van der Waals surface area contributed by atoms with Crippen molar-refractivity contribution in [2.45, 2.75) is 25.3 Å². The largest absolute Gasteiger partial charge is 0.378 e. The summed E-state index contributed by atoms with van der Waals surface area (Å²) in [6.07, 6.45) is 4.88. The maximum absolute atomic E-state index is 11.7. The van der Waals surface area contributed by atoms with Crippen molar-refractivity contribution in [3.8, 4) is 0 Å². The number of hydrogen-bond acceptors (Lipinski definition) is 3. The van der Waals surface area contributed by atoms with E-state index in [1.807, 2.05) is 0 Å². The van der Waals surface area contributed by atoms with Gasteiger partial charge in [-0.05, 0) is 19.9 Å². The summed E-state index contributed by atoms with van der Waals surface area (Å²) < 4.78 is 5.42. The fraction of sp³-hybridized carbons (Fsp3) is 0.727. The van der Waals surface area contributed by atoms with Crippen molar-refractivity contribution < 1.29 is 9.53 Å². The average Bonchev–Trinajstić information content (AvgIpc) is 2.20. The minimum Gasteiger partial charge on any atom is -0.378 e. The van der Waals surface area contributed by atoms with Crippen LogP contribution < -0.4 is 0 Å². The molecule has 0 aromatic carbocycles. The fourth-order valence-corrected chi connectivity index (χ4v) is 2.11. The van der Waals surface area contributed by atoms with Crippen molar-refractivity contribution in [3.05, 3.63) is 11.6 Å². The Bertz CT molecular complexity index is 260. The van der Waals surface area contributed by atoms with E-state index in [2.05, 4.69) is 18.0 Å². The molecule has 0 spiro atoms. The quantitative estimate of drug-likeness (QED) is 0.625. The Morgan fingerprint density at radius 3 is 3.14 bits per heavy atom. The second kappa shape index (κ2) is 4.24. The van der Waals surface area contributed by atoms with Crippen LogP contribution in [0.2, 0.25) is 0 Å². The Kier molecular flexibility index (Phi) is 2.99. The number of nitrogens with zero attached hydrogens (tertiary/aromatic N) is 1. The Morgan fingerprint density at radius 2 is 2.43 bits per heavy atom. The lowest BCUT2D eigenvalue weighted by atomic mass is 9.92. The first-order chi connectivity index (χ1) is 6.79.